The van der Waals surface area contributed by atoms with Gasteiger partial charge in [-0.25, -0.2) is 9.38 Å². The van der Waals surface area contributed by atoms with E-state index in [1.165, 1.54) is 0 Å². The standard InChI is InChI=1S/C17H12N2OS/c1-11-6-5-9-13-16(11)19-15(20)10-14(21-17(19)18-13)12-7-3-2-4-8-12/h2-10H,1H3. The van der Waals surface area contributed by atoms with Crippen molar-refractivity contribution in [3.05, 3.63) is 70.5 Å². The fourth-order valence-corrected chi connectivity index (χ4v) is 3.62. The molecule has 0 saturated heterocycles. The van der Waals surface area contributed by atoms with Crippen molar-refractivity contribution in [1.82, 2.24) is 9.38 Å². The summed E-state index contributed by atoms with van der Waals surface area (Å²) in [6.07, 6.45) is 0. The lowest BCUT2D eigenvalue weighted by Gasteiger charge is -2.01. The van der Waals surface area contributed by atoms with Gasteiger partial charge in [0.1, 0.15) is 0 Å². The van der Waals surface area contributed by atoms with Crippen molar-refractivity contribution in [3.63, 3.8) is 0 Å². The van der Waals surface area contributed by atoms with Crippen LogP contribution in [0, 0.1) is 6.92 Å². The van der Waals surface area contributed by atoms with Crippen LogP contribution in [0.25, 0.3) is 26.4 Å². The van der Waals surface area contributed by atoms with Crippen LogP contribution in [-0.4, -0.2) is 9.38 Å². The quantitative estimate of drug-likeness (QED) is 0.533. The number of benzene rings is 2. The average Bonchev–Trinajstić information content (AvgIpc) is 2.88. The normalized spacial score (nSPS) is 11.3. The summed E-state index contributed by atoms with van der Waals surface area (Å²) in [5.74, 6) is 0. The molecule has 0 aliphatic rings. The molecular formula is C17H12N2OS. The number of rotatable bonds is 1. The second-order valence-corrected chi connectivity index (χ2v) is 6.00. The Labute approximate surface area is 125 Å². The molecule has 4 heteroatoms. The zero-order valence-corrected chi connectivity index (χ0v) is 12.2. The predicted octanol–water partition coefficient (Wildman–Crippen LogP) is 3.88. The van der Waals surface area contributed by atoms with Crippen molar-refractivity contribution in [1.29, 1.82) is 0 Å². The van der Waals surface area contributed by atoms with Crippen LogP contribution in [0.5, 0.6) is 0 Å². The highest BCUT2D eigenvalue weighted by Crippen LogP contribution is 2.27. The smallest absolute Gasteiger partial charge is 0.258 e. The Balaban J connectivity index is 2.11. The molecule has 0 radical (unpaired) electrons. The highest BCUT2D eigenvalue weighted by atomic mass is 32.1. The lowest BCUT2D eigenvalue weighted by atomic mass is 10.2. The number of fused-ring (bicyclic) bond motifs is 3. The number of aryl methyl sites for hydroxylation is 1. The van der Waals surface area contributed by atoms with E-state index in [1.807, 2.05) is 55.5 Å². The van der Waals surface area contributed by atoms with Crippen molar-refractivity contribution in [2.24, 2.45) is 0 Å². The van der Waals surface area contributed by atoms with Crippen LogP contribution in [0.2, 0.25) is 0 Å². The van der Waals surface area contributed by atoms with Gasteiger partial charge in [0.25, 0.3) is 5.56 Å². The number of nitrogens with zero attached hydrogens (tertiary/aromatic N) is 2. The highest BCUT2D eigenvalue weighted by Gasteiger charge is 2.11. The van der Waals surface area contributed by atoms with Gasteiger partial charge in [0.15, 0.2) is 4.96 Å². The zero-order valence-electron chi connectivity index (χ0n) is 11.4. The average molecular weight is 292 g/mol. The fraction of sp³-hybridized carbons (Fsp3) is 0.0588. The first kappa shape index (κ1) is 12.3. The Kier molecular flexibility index (Phi) is 2.65. The predicted molar refractivity (Wildman–Crippen MR) is 87.0 cm³/mol. The molecule has 2 aromatic carbocycles. The van der Waals surface area contributed by atoms with E-state index in [0.717, 1.165) is 32.0 Å². The van der Waals surface area contributed by atoms with E-state index >= 15 is 0 Å². The molecule has 0 amide bonds. The van der Waals surface area contributed by atoms with Gasteiger partial charge < -0.3 is 0 Å². The molecular weight excluding hydrogens is 280 g/mol. The summed E-state index contributed by atoms with van der Waals surface area (Å²) >= 11 is 1.54. The van der Waals surface area contributed by atoms with Gasteiger partial charge in [0.2, 0.25) is 0 Å². The maximum absolute atomic E-state index is 12.5. The first-order valence-electron chi connectivity index (χ1n) is 6.71. The van der Waals surface area contributed by atoms with E-state index in [-0.39, 0.29) is 5.56 Å². The van der Waals surface area contributed by atoms with E-state index in [0.29, 0.717) is 0 Å². The molecule has 0 fully saturated rings. The summed E-state index contributed by atoms with van der Waals surface area (Å²) in [5.41, 5.74) is 3.86. The molecule has 0 bridgehead atoms. The van der Waals surface area contributed by atoms with E-state index in [2.05, 4.69) is 4.98 Å². The Morgan fingerprint density at radius 3 is 2.67 bits per heavy atom. The van der Waals surface area contributed by atoms with E-state index in [1.54, 1.807) is 21.8 Å². The molecule has 0 saturated carbocycles. The van der Waals surface area contributed by atoms with Gasteiger partial charge in [0.05, 0.1) is 11.0 Å². The summed E-state index contributed by atoms with van der Waals surface area (Å²) in [4.78, 5) is 18.8. The van der Waals surface area contributed by atoms with Gasteiger partial charge in [0, 0.05) is 10.9 Å². The minimum Gasteiger partial charge on any atom is -0.269 e. The largest absolute Gasteiger partial charge is 0.269 e. The van der Waals surface area contributed by atoms with Crippen molar-refractivity contribution >= 4 is 27.3 Å². The maximum atomic E-state index is 12.5. The van der Waals surface area contributed by atoms with E-state index in [9.17, 15) is 4.79 Å². The van der Waals surface area contributed by atoms with Crippen LogP contribution in [0.4, 0.5) is 0 Å². The van der Waals surface area contributed by atoms with Crippen LogP contribution in [-0.2, 0) is 0 Å². The minimum atomic E-state index is -0.0283. The second-order valence-electron chi connectivity index (χ2n) is 4.99. The number of aromatic nitrogens is 2. The summed E-state index contributed by atoms with van der Waals surface area (Å²) in [7, 11) is 0. The topological polar surface area (TPSA) is 34.4 Å². The molecule has 102 valence electrons. The second kappa shape index (κ2) is 4.53. The van der Waals surface area contributed by atoms with Gasteiger partial charge in [-0.05, 0) is 24.1 Å². The number of imidazole rings is 1. The molecule has 0 unspecified atom stereocenters. The molecule has 0 spiro atoms. The molecule has 0 aliphatic heterocycles. The third-order valence-corrected chi connectivity index (χ3v) is 4.61. The zero-order chi connectivity index (χ0) is 14.4. The van der Waals surface area contributed by atoms with Crippen molar-refractivity contribution in [3.8, 4) is 10.4 Å². The first-order chi connectivity index (χ1) is 10.2. The van der Waals surface area contributed by atoms with Crippen LogP contribution in [0.1, 0.15) is 5.56 Å². The summed E-state index contributed by atoms with van der Waals surface area (Å²) in [6, 6.07) is 17.6. The molecule has 4 aromatic rings. The molecule has 2 aromatic heterocycles. The van der Waals surface area contributed by atoms with E-state index < -0.39 is 0 Å². The Morgan fingerprint density at radius 2 is 1.86 bits per heavy atom. The monoisotopic (exact) mass is 292 g/mol. The first-order valence-corrected chi connectivity index (χ1v) is 7.53. The van der Waals surface area contributed by atoms with Gasteiger partial charge in [-0.1, -0.05) is 53.8 Å². The Bertz CT molecular complexity index is 1020. The maximum Gasteiger partial charge on any atom is 0.258 e. The van der Waals surface area contributed by atoms with Gasteiger partial charge >= 0.3 is 0 Å². The van der Waals surface area contributed by atoms with Gasteiger partial charge in [-0.3, -0.25) is 4.79 Å². The van der Waals surface area contributed by atoms with Gasteiger partial charge in [-0.2, -0.15) is 0 Å². The van der Waals surface area contributed by atoms with E-state index in [4.69, 9.17) is 0 Å². The van der Waals surface area contributed by atoms with Crippen molar-refractivity contribution in [2.75, 3.05) is 0 Å². The van der Waals surface area contributed by atoms with Crippen molar-refractivity contribution in [2.45, 2.75) is 6.92 Å². The SMILES string of the molecule is Cc1cccc2nc3sc(-c4ccccc4)cc(=O)n3c12. The van der Waals surface area contributed by atoms with Crippen LogP contribution < -0.4 is 5.56 Å². The van der Waals surface area contributed by atoms with Crippen LogP contribution in [0.3, 0.4) is 0 Å². The molecule has 0 aliphatic carbocycles. The molecule has 4 rings (SSSR count). The molecule has 0 atom stereocenters. The lowest BCUT2D eigenvalue weighted by molar-refractivity contribution is 1.17. The minimum absolute atomic E-state index is 0.0283. The number of hydrogen-bond donors (Lipinski definition) is 0. The third kappa shape index (κ3) is 1.87. The number of para-hydroxylation sites is 1. The summed E-state index contributed by atoms with van der Waals surface area (Å²) in [5, 5.41) is 0. The fourth-order valence-electron chi connectivity index (χ4n) is 2.60. The van der Waals surface area contributed by atoms with Crippen LogP contribution in [0.15, 0.2) is 59.4 Å². The van der Waals surface area contributed by atoms with Crippen LogP contribution >= 0.6 is 11.3 Å². The molecule has 3 nitrogen and oxygen atoms in total. The molecule has 21 heavy (non-hydrogen) atoms. The summed E-state index contributed by atoms with van der Waals surface area (Å²) in [6.45, 7) is 2.01. The Hall–Kier alpha value is -2.46. The van der Waals surface area contributed by atoms with Crippen molar-refractivity contribution < 1.29 is 0 Å². The van der Waals surface area contributed by atoms with Gasteiger partial charge in [-0.15, -0.1) is 0 Å². The number of hydrogen-bond acceptors (Lipinski definition) is 3. The molecule has 0 N–H and O–H groups in total. The summed E-state index contributed by atoms with van der Waals surface area (Å²) < 4.78 is 1.71. The lowest BCUT2D eigenvalue weighted by Crippen LogP contribution is -2.10. The highest BCUT2D eigenvalue weighted by molar-refractivity contribution is 7.20. The molecule has 2 heterocycles. The Morgan fingerprint density at radius 1 is 1.05 bits per heavy atom. The third-order valence-electron chi connectivity index (χ3n) is 3.58.